The Hall–Kier alpha value is -2.67. The lowest BCUT2D eigenvalue weighted by atomic mass is 10.0. The smallest absolute Gasteiger partial charge is 0.264 e. The predicted octanol–water partition coefficient (Wildman–Crippen LogP) is 4.62. The van der Waals surface area contributed by atoms with Crippen LogP contribution in [0.5, 0.6) is 11.5 Å². The number of rotatable bonds is 3. The number of carbonyl (C=O) groups is 1. The summed E-state index contributed by atoms with van der Waals surface area (Å²) in [5.74, 6) is 2.47. The summed E-state index contributed by atoms with van der Waals surface area (Å²) < 4.78 is 11.4. The van der Waals surface area contributed by atoms with E-state index in [-0.39, 0.29) is 11.9 Å². The number of aryl methyl sites for hydroxylation is 3. The molecule has 1 aromatic carbocycles. The highest BCUT2D eigenvalue weighted by Crippen LogP contribution is 2.40. The van der Waals surface area contributed by atoms with Crippen molar-refractivity contribution in [2.24, 2.45) is 0 Å². The van der Waals surface area contributed by atoms with Gasteiger partial charge in [-0.3, -0.25) is 4.79 Å². The summed E-state index contributed by atoms with van der Waals surface area (Å²) in [6.07, 6.45) is 2.73. The Bertz CT molecular complexity index is 1140. The van der Waals surface area contributed by atoms with Gasteiger partial charge in [0.05, 0.1) is 10.9 Å². The Labute approximate surface area is 179 Å². The summed E-state index contributed by atoms with van der Waals surface area (Å²) >= 11 is 1.50. The SMILES string of the molecule is CCc1nc(C)c2c(C)c(C(=O)N3CCC[C@H]3c3ccc4c(c3)OCCO4)sc2n1. The molecule has 156 valence electrons. The maximum Gasteiger partial charge on any atom is 0.264 e. The van der Waals surface area contributed by atoms with E-state index in [0.717, 1.165) is 75.0 Å². The summed E-state index contributed by atoms with van der Waals surface area (Å²) in [7, 11) is 0. The van der Waals surface area contributed by atoms with Crippen LogP contribution in [0, 0.1) is 13.8 Å². The molecule has 3 aromatic rings. The first-order chi connectivity index (χ1) is 14.6. The number of hydrogen-bond acceptors (Lipinski definition) is 6. The second-order valence-electron chi connectivity index (χ2n) is 7.87. The number of carbonyl (C=O) groups excluding carboxylic acids is 1. The maximum absolute atomic E-state index is 13.6. The molecule has 6 nitrogen and oxygen atoms in total. The van der Waals surface area contributed by atoms with Crippen molar-refractivity contribution in [1.29, 1.82) is 0 Å². The molecule has 0 unspecified atom stereocenters. The topological polar surface area (TPSA) is 64.6 Å². The van der Waals surface area contributed by atoms with Crippen LogP contribution in [0.4, 0.5) is 0 Å². The molecule has 1 fully saturated rings. The normalized spacial score (nSPS) is 18.2. The molecule has 0 N–H and O–H groups in total. The second kappa shape index (κ2) is 7.54. The van der Waals surface area contributed by atoms with Gasteiger partial charge in [-0.1, -0.05) is 13.0 Å². The third-order valence-electron chi connectivity index (χ3n) is 5.99. The highest BCUT2D eigenvalue weighted by molar-refractivity contribution is 7.20. The Balaban J connectivity index is 1.50. The summed E-state index contributed by atoms with van der Waals surface area (Å²) in [4.78, 5) is 26.6. The van der Waals surface area contributed by atoms with Gasteiger partial charge in [-0.25, -0.2) is 9.97 Å². The van der Waals surface area contributed by atoms with Crippen molar-refractivity contribution in [3.05, 3.63) is 45.7 Å². The van der Waals surface area contributed by atoms with E-state index in [2.05, 4.69) is 23.0 Å². The zero-order chi connectivity index (χ0) is 20.8. The lowest BCUT2D eigenvalue weighted by molar-refractivity contribution is 0.0739. The third-order valence-corrected chi connectivity index (χ3v) is 7.17. The molecule has 30 heavy (non-hydrogen) atoms. The van der Waals surface area contributed by atoms with Crippen molar-refractivity contribution in [1.82, 2.24) is 14.9 Å². The van der Waals surface area contributed by atoms with Gasteiger partial charge >= 0.3 is 0 Å². The number of ether oxygens (including phenoxy) is 2. The van der Waals surface area contributed by atoms with Crippen LogP contribution < -0.4 is 9.47 Å². The number of benzene rings is 1. The minimum absolute atomic E-state index is 0.0522. The average molecular weight is 424 g/mol. The van der Waals surface area contributed by atoms with Gasteiger partial charge < -0.3 is 14.4 Å². The first-order valence-corrected chi connectivity index (χ1v) is 11.4. The molecule has 0 aliphatic carbocycles. The molecule has 1 amide bonds. The number of hydrogen-bond donors (Lipinski definition) is 0. The van der Waals surface area contributed by atoms with Gasteiger partial charge in [0.15, 0.2) is 11.5 Å². The van der Waals surface area contributed by atoms with Crippen LogP contribution in [0.25, 0.3) is 10.2 Å². The monoisotopic (exact) mass is 423 g/mol. The van der Waals surface area contributed by atoms with Crippen LogP contribution >= 0.6 is 11.3 Å². The fourth-order valence-corrected chi connectivity index (χ4v) is 5.72. The number of amides is 1. The molecule has 4 heterocycles. The van der Waals surface area contributed by atoms with Crippen LogP contribution in [0.3, 0.4) is 0 Å². The van der Waals surface area contributed by atoms with E-state index in [1.807, 2.05) is 30.9 Å². The van der Waals surface area contributed by atoms with Gasteiger partial charge in [-0.05, 0) is 49.9 Å². The van der Waals surface area contributed by atoms with Gasteiger partial charge in [0.25, 0.3) is 5.91 Å². The summed E-state index contributed by atoms with van der Waals surface area (Å²) in [5, 5.41) is 1.02. The Morgan fingerprint density at radius 3 is 2.80 bits per heavy atom. The fraction of sp³-hybridized carbons (Fsp3) is 0.435. The molecule has 1 saturated heterocycles. The molecule has 2 aliphatic heterocycles. The molecule has 1 atom stereocenters. The summed E-state index contributed by atoms with van der Waals surface area (Å²) in [6, 6.07) is 6.10. The van der Waals surface area contributed by atoms with Gasteiger partial charge in [-0.15, -0.1) is 11.3 Å². The van der Waals surface area contributed by atoms with E-state index >= 15 is 0 Å². The van der Waals surface area contributed by atoms with Crippen molar-refractivity contribution in [3.63, 3.8) is 0 Å². The van der Waals surface area contributed by atoms with Crippen LogP contribution in [0.1, 0.15) is 58.1 Å². The fourth-order valence-electron chi connectivity index (χ4n) is 4.51. The van der Waals surface area contributed by atoms with Crippen LogP contribution in [0.15, 0.2) is 18.2 Å². The molecule has 2 aromatic heterocycles. The number of fused-ring (bicyclic) bond motifs is 2. The highest BCUT2D eigenvalue weighted by atomic mass is 32.1. The van der Waals surface area contributed by atoms with E-state index in [0.29, 0.717) is 13.2 Å². The highest BCUT2D eigenvalue weighted by Gasteiger charge is 2.33. The van der Waals surface area contributed by atoms with Crippen molar-refractivity contribution < 1.29 is 14.3 Å². The molecular weight excluding hydrogens is 398 g/mol. The molecule has 7 heteroatoms. The van der Waals surface area contributed by atoms with E-state index in [4.69, 9.17) is 9.47 Å². The summed E-state index contributed by atoms with van der Waals surface area (Å²) in [5.41, 5.74) is 3.05. The Kier molecular flexibility index (Phi) is 4.85. The van der Waals surface area contributed by atoms with Crippen molar-refractivity contribution >= 4 is 27.5 Å². The number of nitrogens with zero attached hydrogens (tertiary/aromatic N) is 3. The first kappa shape index (κ1) is 19.3. The minimum atomic E-state index is 0.0522. The maximum atomic E-state index is 13.6. The summed E-state index contributed by atoms with van der Waals surface area (Å²) in [6.45, 7) is 7.97. The van der Waals surface area contributed by atoms with Gasteiger partial charge in [0, 0.05) is 24.0 Å². The van der Waals surface area contributed by atoms with Crippen molar-refractivity contribution in [2.45, 2.75) is 46.1 Å². The number of aromatic nitrogens is 2. The molecule has 0 radical (unpaired) electrons. The van der Waals surface area contributed by atoms with Crippen molar-refractivity contribution in [2.75, 3.05) is 19.8 Å². The van der Waals surface area contributed by atoms with E-state index in [1.54, 1.807) is 0 Å². The standard InChI is InChI=1S/C23H25N3O3S/c1-4-19-24-14(3)20-13(2)21(30-22(20)25-19)23(27)26-9-5-6-16(26)15-7-8-17-18(12-15)29-11-10-28-17/h7-8,12,16H,4-6,9-11H2,1-3H3/t16-/m0/s1. The lowest BCUT2D eigenvalue weighted by Crippen LogP contribution is -2.30. The molecule has 0 bridgehead atoms. The predicted molar refractivity (Wildman–Crippen MR) is 117 cm³/mol. The van der Waals surface area contributed by atoms with Gasteiger partial charge in [0.2, 0.25) is 0 Å². The zero-order valence-corrected chi connectivity index (χ0v) is 18.3. The van der Waals surface area contributed by atoms with Crippen LogP contribution in [-0.2, 0) is 6.42 Å². The molecular formula is C23H25N3O3S. The molecule has 2 aliphatic rings. The molecule has 0 spiro atoms. The van der Waals surface area contributed by atoms with Crippen LogP contribution in [0.2, 0.25) is 0 Å². The largest absolute Gasteiger partial charge is 0.486 e. The lowest BCUT2D eigenvalue weighted by Gasteiger charge is -2.26. The Morgan fingerprint density at radius 2 is 2.00 bits per heavy atom. The second-order valence-corrected chi connectivity index (χ2v) is 8.87. The van der Waals surface area contributed by atoms with E-state index < -0.39 is 0 Å². The average Bonchev–Trinajstić information content (AvgIpc) is 3.38. The van der Waals surface area contributed by atoms with E-state index in [9.17, 15) is 4.79 Å². The van der Waals surface area contributed by atoms with Gasteiger partial charge in [0.1, 0.15) is 23.9 Å². The molecule has 5 rings (SSSR count). The quantitative estimate of drug-likeness (QED) is 0.615. The third kappa shape index (κ3) is 3.12. The van der Waals surface area contributed by atoms with Crippen molar-refractivity contribution in [3.8, 4) is 11.5 Å². The van der Waals surface area contributed by atoms with E-state index in [1.165, 1.54) is 11.3 Å². The molecule has 0 saturated carbocycles. The first-order valence-electron chi connectivity index (χ1n) is 10.5. The Morgan fingerprint density at radius 1 is 1.20 bits per heavy atom. The minimum Gasteiger partial charge on any atom is -0.486 e. The zero-order valence-electron chi connectivity index (χ0n) is 17.5. The number of thiophene rings is 1. The van der Waals surface area contributed by atoms with Gasteiger partial charge in [-0.2, -0.15) is 0 Å². The number of likely N-dealkylation sites (tertiary alicyclic amines) is 1. The van der Waals surface area contributed by atoms with Crippen LogP contribution in [-0.4, -0.2) is 40.5 Å².